The maximum absolute atomic E-state index is 13.0. The first kappa shape index (κ1) is 25.2. The van der Waals surface area contributed by atoms with Gasteiger partial charge in [-0.1, -0.05) is 22.9 Å². The molecule has 1 unspecified atom stereocenters. The van der Waals surface area contributed by atoms with E-state index in [1.165, 1.54) is 7.05 Å². The number of amides is 1. The summed E-state index contributed by atoms with van der Waals surface area (Å²) >= 11 is 6.47. The van der Waals surface area contributed by atoms with Gasteiger partial charge in [0.15, 0.2) is 10.6 Å². The lowest BCUT2D eigenvalue weighted by atomic mass is 9.84. The number of halogens is 4. The van der Waals surface area contributed by atoms with Gasteiger partial charge in [-0.15, -0.1) is 0 Å². The number of rotatable bonds is 6. The molecule has 8 N–H and O–H groups in total. The monoisotopic (exact) mass is 516 g/mol. The Kier molecular flexibility index (Phi) is 6.22. The normalized spacial score (nSPS) is 19.8. The fourth-order valence-electron chi connectivity index (χ4n) is 3.16. The summed E-state index contributed by atoms with van der Waals surface area (Å²) in [7, 11) is 1.20. The van der Waals surface area contributed by atoms with Gasteiger partial charge in [0.25, 0.3) is 5.97 Å². The molecule has 1 aliphatic rings. The van der Waals surface area contributed by atoms with Crippen molar-refractivity contribution >= 4 is 45.6 Å². The van der Waals surface area contributed by atoms with Crippen LogP contribution in [0.25, 0.3) is 0 Å². The number of thiazole rings is 1. The van der Waals surface area contributed by atoms with E-state index in [9.17, 15) is 48.6 Å². The van der Waals surface area contributed by atoms with Crippen LogP contribution in [0.4, 0.5) is 29.9 Å². The number of hydrogen-bond donors (Lipinski definition) is 8. The zero-order valence-corrected chi connectivity index (χ0v) is 17.9. The molecule has 1 aliphatic heterocycles. The second-order valence-electron chi connectivity index (χ2n) is 6.82. The average molecular weight is 517 g/mol. The van der Waals surface area contributed by atoms with Crippen LogP contribution in [0.1, 0.15) is 17.0 Å². The number of carbonyl (C=O) groups is 1. The van der Waals surface area contributed by atoms with Crippen molar-refractivity contribution < 1.29 is 48.6 Å². The van der Waals surface area contributed by atoms with Crippen LogP contribution in [0.2, 0.25) is 5.15 Å². The van der Waals surface area contributed by atoms with E-state index < -0.39 is 64.1 Å². The molecule has 182 valence electrons. The molecule has 3 rings (SSSR count). The lowest BCUT2D eigenvalue weighted by Crippen LogP contribution is -2.59. The average Bonchev–Trinajstić information content (AvgIpc) is 3.21. The molecule has 18 heteroatoms. The molecule has 1 atom stereocenters. The van der Waals surface area contributed by atoms with Crippen LogP contribution in [0.15, 0.2) is 6.20 Å². The maximum Gasteiger partial charge on any atom is 0.421 e. The minimum absolute atomic E-state index is 0.0466. The Bertz CT molecular complexity index is 1070. The summed E-state index contributed by atoms with van der Waals surface area (Å²) in [6.07, 6.45) is -8.56. The van der Waals surface area contributed by atoms with Crippen molar-refractivity contribution in [3.05, 3.63) is 21.9 Å². The van der Waals surface area contributed by atoms with Gasteiger partial charge in [-0.2, -0.15) is 18.2 Å². The van der Waals surface area contributed by atoms with Gasteiger partial charge in [-0.25, -0.2) is 9.97 Å². The zero-order chi connectivity index (χ0) is 25.0. The number of alkyl halides is 3. The standard InChI is InChI=1S/C15H16ClF3N6O7S/c1-20-7-5(13(17,18)19)4-21-11(23-7)24-8-6(16)22-9(33-8)12(14(27,28)29)2-3-25(10(12)26)15(30,31)32/h4,27-32H,2-3H2,1H3,(H2,20,21,23,24). The highest BCUT2D eigenvalue weighted by atomic mass is 35.5. The molecule has 0 aromatic carbocycles. The van der Waals surface area contributed by atoms with E-state index in [0.717, 1.165) is 0 Å². The highest BCUT2D eigenvalue weighted by Crippen LogP contribution is 2.48. The van der Waals surface area contributed by atoms with Gasteiger partial charge in [0.05, 0.1) is 0 Å². The first-order chi connectivity index (χ1) is 15.0. The molecule has 2 aromatic rings. The Labute approximate surface area is 190 Å². The van der Waals surface area contributed by atoms with Crippen LogP contribution in [0.3, 0.4) is 0 Å². The highest BCUT2D eigenvalue weighted by Gasteiger charge is 2.66. The third-order valence-corrected chi connectivity index (χ3v) is 6.28. The van der Waals surface area contributed by atoms with E-state index >= 15 is 0 Å². The van der Waals surface area contributed by atoms with Gasteiger partial charge in [-0.05, 0) is 6.42 Å². The van der Waals surface area contributed by atoms with Gasteiger partial charge in [0.2, 0.25) is 11.9 Å². The van der Waals surface area contributed by atoms with Crippen molar-refractivity contribution in [2.45, 2.75) is 30.1 Å². The zero-order valence-electron chi connectivity index (χ0n) is 16.3. The Morgan fingerprint density at radius 2 is 1.82 bits per heavy atom. The number of carbonyl (C=O) groups excluding carboxylic acids is 1. The number of nitrogens with zero attached hydrogens (tertiary/aromatic N) is 4. The molecule has 33 heavy (non-hydrogen) atoms. The molecule has 3 heterocycles. The van der Waals surface area contributed by atoms with E-state index in [0.29, 0.717) is 17.5 Å². The highest BCUT2D eigenvalue weighted by molar-refractivity contribution is 7.16. The Hall–Kier alpha value is -2.38. The summed E-state index contributed by atoms with van der Waals surface area (Å²) in [4.78, 5) is 23.8. The molecular formula is C15H16ClF3N6O7S. The first-order valence-corrected chi connectivity index (χ1v) is 9.94. The first-order valence-electron chi connectivity index (χ1n) is 8.74. The molecule has 0 aliphatic carbocycles. The fraction of sp³-hybridized carbons (Fsp3) is 0.467. The molecular weight excluding hydrogens is 501 g/mol. The number of likely N-dealkylation sites (tertiary alicyclic amines) is 1. The van der Waals surface area contributed by atoms with E-state index in [1.54, 1.807) is 0 Å². The quantitative estimate of drug-likeness (QED) is 0.219. The van der Waals surface area contributed by atoms with Gasteiger partial charge in [-0.3, -0.25) is 9.69 Å². The molecule has 1 saturated heterocycles. The predicted octanol–water partition coefficient (Wildman–Crippen LogP) is -0.920. The lowest BCUT2D eigenvalue weighted by molar-refractivity contribution is -0.381. The summed E-state index contributed by atoms with van der Waals surface area (Å²) in [5.74, 6) is -6.24. The van der Waals surface area contributed by atoms with Crippen molar-refractivity contribution in [3.63, 3.8) is 0 Å². The SMILES string of the molecule is CNc1nc(Nc2sc(C3(C(O)(O)O)CCN(C(O)(O)O)C3=O)nc2Cl)ncc1C(F)(F)F. The van der Waals surface area contributed by atoms with Crippen LogP contribution in [-0.4, -0.2) is 82.1 Å². The van der Waals surface area contributed by atoms with Crippen LogP contribution in [0.5, 0.6) is 0 Å². The van der Waals surface area contributed by atoms with Crippen molar-refractivity contribution in [1.29, 1.82) is 0 Å². The van der Waals surface area contributed by atoms with E-state index in [2.05, 4.69) is 25.6 Å². The summed E-state index contributed by atoms with van der Waals surface area (Å²) in [6, 6.07) is 0. The van der Waals surface area contributed by atoms with Gasteiger partial charge in [0, 0.05) is 19.8 Å². The molecule has 1 fully saturated rings. The minimum atomic E-state index is -4.73. The number of aliphatic hydroxyl groups is 6. The van der Waals surface area contributed by atoms with Crippen molar-refractivity contribution in [2.75, 3.05) is 24.2 Å². The molecule has 0 bridgehead atoms. The van der Waals surface area contributed by atoms with E-state index in [4.69, 9.17) is 11.6 Å². The molecule has 2 aromatic heterocycles. The number of anilines is 3. The smallest absolute Gasteiger partial charge is 0.372 e. The predicted molar refractivity (Wildman–Crippen MR) is 104 cm³/mol. The molecule has 1 amide bonds. The van der Waals surface area contributed by atoms with Gasteiger partial charge < -0.3 is 41.3 Å². The topological polar surface area (TPSA) is 204 Å². The largest absolute Gasteiger partial charge is 0.421 e. The summed E-state index contributed by atoms with van der Waals surface area (Å²) in [6.45, 7) is -0.640. The van der Waals surface area contributed by atoms with Crippen molar-refractivity contribution in [3.8, 4) is 0 Å². The Morgan fingerprint density at radius 3 is 2.30 bits per heavy atom. The number of nitrogens with one attached hydrogen (secondary N) is 2. The van der Waals surface area contributed by atoms with E-state index in [1.807, 2.05) is 0 Å². The summed E-state index contributed by atoms with van der Waals surface area (Å²) < 4.78 is 39.0. The summed E-state index contributed by atoms with van der Waals surface area (Å²) in [5.41, 5.74) is -3.84. The Balaban J connectivity index is 2.01. The van der Waals surface area contributed by atoms with Crippen molar-refractivity contribution in [2.24, 2.45) is 0 Å². The van der Waals surface area contributed by atoms with Crippen molar-refractivity contribution in [1.82, 2.24) is 19.9 Å². The van der Waals surface area contributed by atoms with Gasteiger partial charge >= 0.3 is 12.3 Å². The second-order valence-corrected chi connectivity index (χ2v) is 8.17. The van der Waals surface area contributed by atoms with Gasteiger partial charge in [0.1, 0.15) is 21.4 Å². The molecule has 0 saturated carbocycles. The third kappa shape index (κ3) is 4.41. The molecule has 0 radical (unpaired) electrons. The second kappa shape index (κ2) is 8.13. The van der Waals surface area contributed by atoms with E-state index in [-0.39, 0.29) is 15.8 Å². The summed E-state index contributed by atoms with van der Waals surface area (Å²) in [5, 5.41) is 61.4. The number of aromatic nitrogens is 3. The minimum Gasteiger partial charge on any atom is -0.372 e. The number of hydrogen-bond acceptors (Lipinski definition) is 13. The van der Waals surface area contributed by atoms with Crippen LogP contribution >= 0.6 is 22.9 Å². The Morgan fingerprint density at radius 1 is 1.18 bits per heavy atom. The fourth-order valence-corrected chi connectivity index (χ4v) is 4.56. The van der Waals surface area contributed by atoms with Crippen LogP contribution in [-0.2, 0) is 16.4 Å². The maximum atomic E-state index is 13.0. The molecule has 0 spiro atoms. The van der Waals surface area contributed by atoms with Crippen LogP contribution in [0, 0.1) is 0 Å². The lowest BCUT2D eigenvalue weighted by Gasteiger charge is -2.34. The van der Waals surface area contributed by atoms with Crippen LogP contribution < -0.4 is 10.6 Å². The third-order valence-electron chi connectivity index (χ3n) is 4.76. The molecule has 13 nitrogen and oxygen atoms in total.